The van der Waals surface area contributed by atoms with Gasteiger partial charge in [0.15, 0.2) is 0 Å². The molecule has 3 heterocycles. The number of benzene rings is 3. The molecule has 6 rings (SSSR count). The molecule has 5 aromatic rings. The second kappa shape index (κ2) is 14.3. The first-order chi connectivity index (χ1) is 23.9. The molecular formula is C39H44ClFN4O5. The van der Waals surface area contributed by atoms with Crippen LogP contribution in [0.2, 0.25) is 5.02 Å². The van der Waals surface area contributed by atoms with Gasteiger partial charge in [0.1, 0.15) is 22.9 Å². The average Bonchev–Trinajstić information content (AvgIpc) is 3.77. The van der Waals surface area contributed by atoms with E-state index >= 15 is 0 Å². The highest BCUT2D eigenvalue weighted by molar-refractivity contribution is 6.35. The number of rotatable bonds is 10. The van der Waals surface area contributed by atoms with Crippen LogP contribution in [-0.4, -0.2) is 57.1 Å². The van der Waals surface area contributed by atoms with Crippen LogP contribution in [-0.2, 0) is 29.4 Å². The molecule has 3 aromatic carbocycles. The third kappa shape index (κ3) is 6.90. The van der Waals surface area contributed by atoms with Crippen LogP contribution >= 0.6 is 11.6 Å². The zero-order chi connectivity index (χ0) is 35.7. The highest BCUT2D eigenvalue weighted by Crippen LogP contribution is 2.45. The van der Waals surface area contributed by atoms with Gasteiger partial charge in [-0.15, -0.1) is 0 Å². The van der Waals surface area contributed by atoms with Gasteiger partial charge < -0.3 is 19.2 Å². The number of aromatic nitrogens is 3. The maximum Gasteiger partial charge on any atom is 0.410 e. The summed E-state index contributed by atoms with van der Waals surface area (Å²) in [5.74, 6) is -0.0792. The van der Waals surface area contributed by atoms with Crippen LogP contribution in [0.5, 0.6) is 5.75 Å². The standard InChI is InChI=1S/C39H44ClFN4O5/c1-7-29-33(36(43-44(29)6)30-14-10-20-45(30)38(47)50-39(3,4)5)32-28(40)19-18-27-26(35(42-34(27)32)37(46)48-8-2)13-11-21-49-31-15-9-12-23-22-24(41)16-17-25(23)31/h9,12,15-19,22,30,42H,7-8,10-11,13-14,20-21H2,1-6H3. The lowest BCUT2D eigenvalue weighted by molar-refractivity contribution is 0.0221. The predicted octanol–water partition coefficient (Wildman–Crippen LogP) is 9.34. The molecule has 0 aliphatic carbocycles. The number of amides is 1. The lowest BCUT2D eigenvalue weighted by atomic mass is 9.94. The maximum absolute atomic E-state index is 13.8. The van der Waals surface area contributed by atoms with Gasteiger partial charge in [-0.25, -0.2) is 14.0 Å². The number of esters is 1. The van der Waals surface area contributed by atoms with E-state index in [-0.39, 0.29) is 24.6 Å². The quantitative estimate of drug-likeness (QED) is 0.115. The molecule has 2 aromatic heterocycles. The maximum atomic E-state index is 13.8. The fourth-order valence-electron chi connectivity index (χ4n) is 7.04. The molecule has 0 spiro atoms. The van der Waals surface area contributed by atoms with Crippen LogP contribution in [0.15, 0.2) is 48.5 Å². The van der Waals surface area contributed by atoms with Crippen molar-refractivity contribution < 1.29 is 28.2 Å². The minimum Gasteiger partial charge on any atom is -0.493 e. The van der Waals surface area contributed by atoms with E-state index in [0.717, 1.165) is 57.1 Å². The van der Waals surface area contributed by atoms with Crippen LogP contribution in [0.3, 0.4) is 0 Å². The number of H-pyrrole nitrogens is 1. The molecule has 9 nitrogen and oxygen atoms in total. The predicted molar refractivity (Wildman–Crippen MR) is 193 cm³/mol. The van der Waals surface area contributed by atoms with Crippen molar-refractivity contribution in [1.82, 2.24) is 19.7 Å². The van der Waals surface area contributed by atoms with Crippen LogP contribution in [0.25, 0.3) is 32.8 Å². The summed E-state index contributed by atoms with van der Waals surface area (Å²) in [5.41, 5.74) is 4.54. The Balaban J connectivity index is 1.39. The Bertz CT molecular complexity index is 2060. The minimum absolute atomic E-state index is 0.223. The zero-order valence-electron chi connectivity index (χ0n) is 29.5. The van der Waals surface area contributed by atoms with Gasteiger partial charge in [0.2, 0.25) is 0 Å². The van der Waals surface area contributed by atoms with E-state index in [1.165, 1.54) is 12.1 Å². The van der Waals surface area contributed by atoms with E-state index in [9.17, 15) is 14.0 Å². The van der Waals surface area contributed by atoms with Crippen molar-refractivity contribution >= 4 is 45.3 Å². The van der Waals surface area contributed by atoms with E-state index in [1.807, 2.05) is 62.8 Å². The van der Waals surface area contributed by atoms with Crippen molar-refractivity contribution in [2.24, 2.45) is 7.05 Å². The summed E-state index contributed by atoms with van der Waals surface area (Å²) in [6.45, 7) is 10.6. The number of hydrogen-bond acceptors (Lipinski definition) is 6. The summed E-state index contributed by atoms with van der Waals surface area (Å²) < 4.78 is 33.1. The number of fused-ring (bicyclic) bond motifs is 2. The lowest BCUT2D eigenvalue weighted by Crippen LogP contribution is -2.36. The van der Waals surface area contributed by atoms with Crippen molar-refractivity contribution in [3.63, 3.8) is 0 Å². The normalized spacial score (nSPS) is 14.9. The molecule has 0 saturated carbocycles. The smallest absolute Gasteiger partial charge is 0.410 e. The lowest BCUT2D eigenvalue weighted by Gasteiger charge is -2.28. The van der Waals surface area contributed by atoms with Crippen molar-refractivity contribution in [3.05, 3.63) is 82.0 Å². The summed E-state index contributed by atoms with van der Waals surface area (Å²) in [5, 5.41) is 7.94. The van der Waals surface area contributed by atoms with Crippen molar-refractivity contribution in [2.75, 3.05) is 19.8 Å². The summed E-state index contributed by atoms with van der Waals surface area (Å²) >= 11 is 7.07. The topological polar surface area (TPSA) is 98.7 Å². The molecule has 0 bridgehead atoms. The fourth-order valence-corrected chi connectivity index (χ4v) is 7.29. The van der Waals surface area contributed by atoms with Crippen molar-refractivity contribution in [2.45, 2.75) is 78.4 Å². The molecule has 1 saturated heterocycles. The minimum atomic E-state index is -0.635. The fraction of sp³-hybridized carbons (Fsp3) is 0.410. The number of carbonyl (C=O) groups is 2. The molecule has 1 N–H and O–H groups in total. The molecule has 1 aliphatic rings. The Morgan fingerprint density at radius 3 is 2.60 bits per heavy atom. The van der Waals surface area contributed by atoms with Crippen LogP contribution in [0, 0.1) is 5.82 Å². The monoisotopic (exact) mass is 702 g/mol. The van der Waals surface area contributed by atoms with Crippen LogP contribution < -0.4 is 4.74 Å². The van der Waals surface area contributed by atoms with Gasteiger partial charge in [0.05, 0.1) is 35.5 Å². The Kier molecular flexibility index (Phi) is 10.1. The highest BCUT2D eigenvalue weighted by atomic mass is 35.5. The van der Waals surface area contributed by atoms with Crippen LogP contribution in [0.4, 0.5) is 9.18 Å². The third-order valence-electron chi connectivity index (χ3n) is 9.12. The SMILES string of the molecule is CCOC(=O)c1[nH]c2c(-c3c(C4CCCN4C(=O)OC(C)(C)C)nn(C)c3CC)c(Cl)ccc2c1CCCOc1cccc2cc(F)ccc12. The number of nitrogens with one attached hydrogen (secondary N) is 1. The first-order valence-electron chi connectivity index (χ1n) is 17.3. The number of aromatic amines is 1. The number of aryl methyl sites for hydroxylation is 2. The van der Waals surface area contributed by atoms with Gasteiger partial charge in [0.25, 0.3) is 0 Å². The Morgan fingerprint density at radius 1 is 1.08 bits per heavy atom. The molecule has 0 radical (unpaired) electrons. The molecule has 50 heavy (non-hydrogen) atoms. The Hall–Kier alpha value is -4.57. The van der Waals surface area contributed by atoms with Gasteiger partial charge in [-0.3, -0.25) is 9.58 Å². The van der Waals surface area contributed by atoms with Crippen molar-refractivity contribution in [3.8, 4) is 16.9 Å². The Morgan fingerprint density at radius 2 is 1.86 bits per heavy atom. The number of ether oxygens (including phenoxy) is 3. The molecule has 1 amide bonds. The van der Waals surface area contributed by atoms with Gasteiger partial charge in [0, 0.05) is 41.2 Å². The summed E-state index contributed by atoms with van der Waals surface area (Å²) in [4.78, 5) is 32.0. The van der Waals surface area contributed by atoms with E-state index in [2.05, 4.69) is 11.9 Å². The van der Waals surface area contributed by atoms with Gasteiger partial charge in [-0.1, -0.05) is 36.7 Å². The second-order valence-electron chi connectivity index (χ2n) is 13.6. The molecule has 264 valence electrons. The molecular weight excluding hydrogens is 659 g/mol. The Labute approximate surface area is 296 Å². The molecule has 1 unspecified atom stereocenters. The molecule has 1 aliphatic heterocycles. The largest absolute Gasteiger partial charge is 0.493 e. The number of nitrogens with zero attached hydrogens (tertiary/aromatic N) is 3. The number of likely N-dealkylation sites (tertiary alicyclic amines) is 1. The van der Waals surface area contributed by atoms with E-state index < -0.39 is 11.6 Å². The van der Waals surface area contributed by atoms with Gasteiger partial charge >= 0.3 is 12.1 Å². The third-order valence-corrected chi connectivity index (χ3v) is 9.43. The summed E-state index contributed by atoms with van der Waals surface area (Å²) in [7, 11) is 1.91. The average molecular weight is 703 g/mol. The highest BCUT2D eigenvalue weighted by Gasteiger charge is 2.38. The summed E-state index contributed by atoms with van der Waals surface area (Å²) in [6, 6.07) is 13.7. The van der Waals surface area contributed by atoms with Crippen molar-refractivity contribution in [1.29, 1.82) is 0 Å². The van der Waals surface area contributed by atoms with E-state index in [1.54, 1.807) is 17.9 Å². The number of halogens is 2. The molecule has 11 heteroatoms. The van der Waals surface area contributed by atoms with Crippen LogP contribution in [0.1, 0.15) is 87.4 Å². The number of hydrogen-bond donors (Lipinski definition) is 1. The second-order valence-corrected chi connectivity index (χ2v) is 14.0. The first-order valence-corrected chi connectivity index (χ1v) is 17.7. The molecule has 1 atom stereocenters. The summed E-state index contributed by atoms with van der Waals surface area (Å²) in [6.07, 6.45) is 2.96. The first kappa shape index (κ1) is 35.3. The van der Waals surface area contributed by atoms with Gasteiger partial charge in [-0.2, -0.15) is 5.10 Å². The van der Waals surface area contributed by atoms with Gasteiger partial charge in [-0.05, 0) is 101 Å². The van der Waals surface area contributed by atoms with E-state index in [0.29, 0.717) is 54.4 Å². The van der Waals surface area contributed by atoms with E-state index in [4.69, 9.17) is 30.9 Å². The zero-order valence-corrected chi connectivity index (χ0v) is 30.2. The molecule has 1 fully saturated rings. The number of carbonyl (C=O) groups excluding carboxylic acids is 2.